The van der Waals surface area contributed by atoms with E-state index in [1.165, 1.54) is 4.90 Å². The second kappa shape index (κ2) is 11.6. The minimum Gasteiger partial charge on any atom is -0.455 e. The minimum absolute atomic E-state index is 0.150. The van der Waals surface area contributed by atoms with E-state index < -0.39 is 53.2 Å². The molecule has 2 fully saturated rings. The maximum atomic E-state index is 14.3. The lowest BCUT2D eigenvalue weighted by Crippen LogP contribution is -2.58. The van der Waals surface area contributed by atoms with Crippen molar-refractivity contribution in [3.63, 3.8) is 0 Å². The summed E-state index contributed by atoms with van der Waals surface area (Å²) in [6.07, 6.45) is 6.43. The zero-order chi connectivity index (χ0) is 30.2. The van der Waals surface area contributed by atoms with Crippen LogP contribution >= 0.6 is 0 Å². The molecule has 1 aromatic carbocycles. The third-order valence-corrected chi connectivity index (χ3v) is 8.71. The number of nitrogens with one attached hydrogen (secondary N) is 1. The predicted molar refractivity (Wildman–Crippen MR) is 154 cm³/mol. The average Bonchev–Trinajstić information content (AvgIpc) is 3.32. The van der Waals surface area contributed by atoms with E-state index in [0.29, 0.717) is 18.5 Å². The van der Waals surface area contributed by atoms with Crippen molar-refractivity contribution in [2.45, 2.75) is 82.4 Å². The molecule has 7 atom stereocenters. The summed E-state index contributed by atoms with van der Waals surface area (Å²) < 4.78 is 12.9. The molecule has 226 valence electrons. The molecule has 10 heteroatoms. The normalized spacial score (nSPS) is 34.4. The Labute approximate surface area is 246 Å². The van der Waals surface area contributed by atoms with Crippen molar-refractivity contribution in [1.29, 1.82) is 0 Å². The molecule has 10 nitrogen and oxygen atoms in total. The second-order valence-electron chi connectivity index (χ2n) is 12.6. The number of fused-ring (bicyclic) bond motifs is 2. The van der Waals surface area contributed by atoms with Crippen molar-refractivity contribution >= 4 is 23.7 Å². The van der Waals surface area contributed by atoms with Crippen LogP contribution in [0.3, 0.4) is 0 Å². The Hall–Kier alpha value is -3.50. The molecule has 0 radical (unpaired) electrons. The lowest BCUT2D eigenvalue weighted by atomic mass is 9.77. The van der Waals surface area contributed by atoms with Gasteiger partial charge in [-0.3, -0.25) is 19.2 Å². The van der Waals surface area contributed by atoms with E-state index in [1.54, 1.807) is 30.1 Å². The highest BCUT2D eigenvalue weighted by Crippen LogP contribution is 2.53. The van der Waals surface area contributed by atoms with Crippen LogP contribution in [0.4, 0.5) is 0 Å². The van der Waals surface area contributed by atoms with Crippen LogP contribution in [0, 0.1) is 11.8 Å². The number of hydrogen-bond donors (Lipinski definition) is 2. The number of ether oxygens (including phenoxy) is 2. The van der Waals surface area contributed by atoms with Gasteiger partial charge in [-0.1, -0.05) is 54.6 Å². The summed E-state index contributed by atoms with van der Waals surface area (Å²) in [5, 5.41) is 12.6. The highest BCUT2D eigenvalue weighted by atomic mass is 16.6. The summed E-state index contributed by atoms with van der Waals surface area (Å²) in [6.45, 7) is 7.92. The van der Waals surface area contributed by atoms with Gasteiger partial charge in [0.1, 0.15) is 23.7 Å². The standard InChI is InChI=1S/C32H41N3O7/c1-20-26(21-12-6-5-7-13-21)41-30(40)24-22(14-8-9-15-23(37)33-20)42-32-16-10-18-35(31(2,3)4)29(39)27(32)34(17-11-19-36)28(38)25(24)32/h5-8,10,12-14,16,20,22,24-27,36H,9,11,15,17-19H2,1-4H3,(H,33,37)/b14-8-/t20-,22-,24+,25+,26+,27-,32+/m0/s1. The maximum absolute atomic E-state index is 14.3. The van der Waals surface area contributed by atoms with Gasteiger partial charge in [0.05, 0.1) is 18.1 Å². The topological polar surface area (TPSA) is 125 Å². The molecular formula is C32H41N3O7. The first-order valence-electron chi connectivity index (χ1n) is 14.8. The van der Waals surface area contributed by atoms with Gasteiger partial charge in [0.15, 0.2) is 0 Å². The van der Waals surface area contributed by atoms with E-state index in [0.717, 1.165) is 0 Å². The molecule has 0 saturated carbocycles. The van der Waals surface area contributed by atoms with Gasteiger partial charge in [0.2, 0.25) is 17.7 Å². The van der Waals surface area contributed by atoms with Crippen LogP contribution in [0.1, 0.15) is 58.6 Å². The molecular weight excluding hydrogens is 538 g/mol. The van der Waals surface area contributed by atoms with Crippen molar-refractivity contribution in [2.75, 3.05) is 19.7 Å². The van der Waals surface area contributed by atoms with Gasteiger partial charge < -0.3 is 29.7 Å². The third kappa shape index (κ3) is 5.26. The lowest BCUT2D eigenvalue weighted by Gasteiger charge is -2.40. The van der Waals surface area contributed by atoms with Gasteiger partial charge in [0.25, 0.3) is 0 Å². The predicted octanol–water partition coefficient (Wildman–Crippen LogP) is 2.29. The SMILES string of the molecule is C[C@@H]1NC(=O)CC/C=C\[C@@H]2O[C@@]34C=CCN(C(C)(C)C)C(=O)[C@@H]3N(CCCO)C(=O)[C@H]4[C@@H]2C(=O)O[C@H]1c1ccccc1. The fraction of sp³-hybridized carbons (Fsp3) is 0.562. The number of rotatable bonds is 4. The molecule has 4 aliphatic heterocycles. The third-order valence-electron chi connectivity index (χ3n) is 8.71. The molecule has 0 unspecified atom stereocenters. The van der Waals surface area contributed by atoms with E-state index in [4.69, 9.17) is 9.47 Å². The van der Waals surface area contributed by atoms with Crippen LogP contribution in [0.5, 0.6) is 0 Å². The largest absolute Gasteiger partial charge is 0.455 e. The van der Waals surface area contributed by atoms with Crippen LogP contribution in [-0.4, -0.2) is 87.6 Å². The number of cyclic esters (lactones) is 1. The quantitative estimate of drug-likeness (QED) is 0.414. The van der Waals surface area contributed by atoms with Crippen molar-refractivity contribution < 1.29 is 33.8 Å². The number of allylic oxidation sites excluding steroid dienone is 1. The molecule has 0 aliphatic carbocycles. The summed E-state index contributed by atoms with van der Waals surface area (Å²) in [5.74, 6) is -3.46. The monoisotopic (exact) mass is 579 g/mol. The molecule has 4 aliphatic rings. The zero-order valence-electron chi connectivity index (χ0n) is 24.7. The van der Waals surface area contributed by atoms with E-state index in [-0.39, 0.29) is 43.7 Å². The van der Waals surface area contributed by atoms with Crippen LogP contribution in [-0.2, 0) is 28.7 Å². The summed E-state index contributed by atoms with van der Waals surface area (Å²) in [6, 6.07) is 7.65. The molecule has 42 heavy (non-hydrogen) atoms. The van der Waals surface area contributed by atoms with E-state index in [1.807, 2.05) is 57.2 Å². The summed E-state index contributed by atoms with van der Waals surface area (Å²) in [4.78, 5) is 58.6. The van der Waals surface area contributed by atoms with E-state index in [9.17, 15) is 24.3 Å². The molecule has 3 amide bonds. The van der Waals surface area contributed by atoms with Gasteiger partial charge in [0, 0.05) is 31.7 Å². The number of benzene rings is 1. The Morgan fingerprint density at radius 2 is 1.81 bits per heavy atom. The van der Waals surface area contributed by atoms with Crippen molar-refractivity contribution in [1.82, 2.24) is 15.1 Å². The van der Waals surface area contributed by atoms with Crippen LogP contribution in [0.2, 0.25) is 0 Å². The number of amides is 3. The Bertz CT molecular complexity index is 1270. The van der Waals surface area contributed by atoms with Gasteiger partial charge >= 0.3 is 5.97 Å². The molecule has 1 aromatic rings. The average molecular weight is 580 g/mol. The fourth-order valence-corrected chi connectivity index (χ4v) is 6.79. The summed E-state index contributed by atoms with van der Waals surface area (Å²) in [5.41, 5.74) is -1.22. The van der Waals surface area contributed by atoms with Crippen molar-refractivity contribution in [3.05, 3.63) is 60.2 Å². The van der Waals surface area contributed by atoms with E-state index in [2.05, 4.69) is 5.32 Å². The maximum Gasteiger partial charge on any atom is 0.313 e. The molecule has 2 N–H and O–H groups in total. The first kappa shape index (κ1) is 30.0. The number of nitrogens with zero attached hydrogens (tertiary/aromatic N) is 2. The zero-order valence-corrected chi connectivity index (χ0v) is 24.7. The van der Waals surface area contributed by atoms with Crippen LogP contribution in [0.15, 0.2) is 54.6 Å². The van der Waals surface area contributed by atoms with Crippen LogP contribution in [0.25, 0.3) is 0 Å². The fourth-order valence-electron chi connectivity index (χ4n) is 6.79. The number of esters is 1. The number of carbonyl (C=O) groups is 4. The molecule has 0 bridgehead atoms. The number of carbonyl (C=O) groups excluding carboxylic acids is 4. The van der Waals surface area contributed by atoms with Gasteiger partial charge in [-0.05, 0) is 46.1 Å². The first-order valence-corrected chi connectivity index (χ1v) is 14.8. The molecule has 4 heterocycles. The smallest absolute Gasteiger partial charge is 0.313 e. The Kier molecular flexibility index (Phi) is 8.31. The van der Waals surface area contributed by atoms with Gasteiger partial charge in [-0.25, -0.2) is 0 Å². The second-order valence-corrected chi connectivity index (χ2v) is 12.6. The van der Waals surface area contributed by atoms with Crippen LogP contribution < -0.4 is 5.32 Å². The Balaban J connectivity index is 1.60. The van der Waals surface area contributed by atoms with Crippen molar-refractivity contribution in [2.24, 2.45) is 11.8 Å². The molecule has 1 spiro atoms. The summed E-state index contributed by atoms with van der Waals surface area (Å²) in [7, 11) is 0. The first-order chi connectivity index (χ1) is 20.0. The molecule has 0 aromatic heterocycles. The summed E-state index contributed by atoms with van der Waals surface area (Å²) >= 11 is 0. The molecule has 5 rings (SSSR count). The van der Waals surface area contributed by atoms with Gasteiger partial charge in [-0.15, -0.1) is 0 Å². The number of aliphatic hydroxyl groups excluding tert-OH is 1. The van der Waals surface area contributed by atoms with Crippen molar-refractivity contribution in [3.8, 4) is 0 Å². The number of hydrogen-bond acceptors (Lipinski definition) is 7. The highest BCUT2D eigenvalue weighted by Gasteiger charge is 2.72. The molecule has 2 saturated heterocycles. The highest BCUT2D eigenvalue weighted by molar-refractivity contribution is 5.99. The van der Waals surface area contributed by atoms with E-state index >= 15 is 0 Å². The number of aliphatic hydroxyl groups is 1. The Morgan fingerprint density at radius 1 is 1.07 bits per heavy atom. The van der Waals surface area contributed by atoms with Gasteiger partial charge in [-0.2, -0.15) is 0 Å². The Morgan fingerprint density at radius 3 is 2.50 bits per heavy atom. The number of likely N-dealkylation sites (tertiary alicyclic amines) is 1. The minimum atomic E-state index is -1.40. The lowest BCUT2D eigenvalue weighted by molar-refractivity contribution is -0.161.